The molecule has 0 spiro atoms. The molecule has 1 aromatic heterocycles. The van der Waals surface area contributed by atoms with Gasteiger partial charge in [-0.25, -0.2) is 4.79 Å². The predicted octanol–water partition coefficient (Wildman–Crippen LogP) is 3.37. The van der Waals surface area contributed by atoms with Gasteiger partial charge in [0.15, 0.2) is 0 Å². The minimum Gasteiger partial charge on any atom is -0.497 e. The van der Waals surface area contributed by atoms with Gasteiger partial charge in [0.2, 0.25) is 11.8 Å². The molecule has 8 nitrogen and oxygen atoms in total. The van der Waals surface area contributed by atoms with Crippen molar-refractivity contribution in [2.45, 2.75) is 19.0 Å². The molecule has 4 rings (SSSR count). The van der Waals surface area contributed by atoms with E-state index in [-0.39, 0.29) is 18.3 Å². The van der Waals surface area contributed by atoms with Crippen LogP contribution in [0.5, 0.6) is 5.75 Å². The molecule has 1 aliphatic rings. The predicted molar refractivity (Wildman–Crippen MR) is 104 cm³/mol. The third kappa shape index (κ3) is 3.31. The maximum atomic E-state index is 13.0. The summed E-state index contributed by atoms with van der Waals surface area (Å²) in [5.41, 5.74) is -0.0523. The molecule has 0 aliphatic carbocycles. The molecule has 0 unspecified atom stereocenters. The second kappa shape index (κ2) is 7.21. The number of aromatic nitrogens is 2. The van der Waals surface area contributed by atoms with E-state index in [1.807, 2.05) is 0 Å². The first-order valence-corrected chi connectivity index (χ1v) is 9.16. The number of nitrogens with zero attached hydrogens (tertiary/aromatic N) is 3. The van der Waals surface area contributed by atoms with E-state index < -0.39 is 17.5 Å². The summed E-state index contributed by atoms with van der Waals surface area (Å²) in [6.07, 6.45) is 0. The van der Waals surface area contributed by atoms with E-state index in [0.717, 1.165) is 4.90 Å². The highest BCUT2D eigenvalue weighted by Gasteiger charge is 2.50. The zero-order valence-corrected chi connectivity index (χ0v) is 16.4. The second-order valence-corrected chi connectivity index (χ2v) is 7.06. The largest absolute Gasteiger partial charge is 0.497 e. The van der Waals surface area contributed by atoms with Crippen molar-refractivity contribution in [1.29, 1.82) is 0 Å². The van der Waals surface area contributed by atoms with Crippen LogP contribution in [0.4, 0.5) is 4.79 Å². The van der Waals surface area contributed by atoms with Crippen LogP contribution in [0.25, 0.3) is 11.5 Å². The Hall–Kier alpha value is -3.39. The number of rotatable bonds is 5. The van der Waals surface area contributed by atoms with Crippen molar-refractivity contribution in [3.05, 3.63) is 65.0 Å². The lowest BCUT2D eigenvalue weighted by molar-refractivity contribution is -0.131. The highest BCUT2D eigenvalue weighted by atomic mass is 35.5. The fourth-order valence-corrected chi connectivity index (χ4v) is 3.52. The average Bonchev–Trinajstić information content (AvgIpc) is 3.28. The molecule has 1 N–H and O–H groups in total. The van der Waals surface area contributed by atoms with Crippen molar-refractivity contribution < 1.29 is 18.7 Å². The summed E-state index contributed by atoms with van der Waals surface area (Å²) in [7, 11) is 1.58. The van der Waals surface area contributed by atoms with Gasteiger partial charge in [0.1, 0.15) is 17.8 Å². The highest BCUT2D eigenvalue weighted by molar-refractivity contribution is 6.32. The maximum Gasteiger partial charge on any atom is 0.325 e. The van der Waals surface area contributed by atoms with Gasteiger partial charge in [-0.05, 0) is 37.3 Å². The molecule has 2 aromatic carbocycles. The Morgan fingerprint density at radius 1 is 1.14 bits per heavy atom. The first-order valence-electron chi connectivity index (χ1n) is 8.78. The number of carbonyl (C=O) groups excluding carboxylic acids is 2. The number of nitrogens with one attached hydrogen (secondary N) is 1. The topological polar surface area (TPSA) is 97.6 Å². The molecule has 1 atom stereocenters. The molecule has 0 radical (unpaired) electrons. The van der Waals surface area contributed by atoms with Crippen molar-refractivity contribution >= 4 is 23.5 Å². The monoisotopic (exact) mass is 412 g/mol. The van der Waals surface area contributed by atoms with Gasteiger partial charge < -0.3 is 14.5 Å². The molecule has 0 bridgehead atoms. The van der Waals surface area contributed by atoms with Gasteiger partial charge >= 0.3 is 6.03 Å². The zero-order chi connectivity index (χ0) is 20.6. The van der Waals surface area contributed by atoms with Gasteiger partial charge in [-0.15, -0.1) is 10.2 Å². The quantitative estimate of drug-likeness (QED) is 0.645. The molecule has 3 amide bonds. The number of hydrogen-bond donors (Lipinski definition) is 1. The van der Waals surface area contributed by atoms with E-state index in [0.29, 0.717) is 21.9 Å². The van der Waals surface area contributed by atoms with Gasteiger partial charge in [0.25, 0.3) is 5.91 Å². The van der Waals surface area contributed by atoms with Crippen molar-refractivity contribution in [1.82, 2.24) is 20.4 Å². The van der Waals surface area contributed by atoms with Crippen LogP contribution in [0.15, 0.2) is 52.9 Å². The zero-order valence-electron chi connectivity index (χ0n) is 15.7. The number of urea groups is 1. The lowest BCUT2D eigenvalue weighted by atomic mass is 9.92. The maximum absolute atomic E-state index is 13.0. The molecule has 148 valence electrons. The van der Waals surface area contributed by atoms with Gasteiger partial charge in [-0.1, -0.05) is 29.8 Å². The lowest BCUT2D eigenvalue weighted by Gasteiger charge is -2.23. The van der Waals surface area contributed by atoms with E-state index in [1.54, 1.807) is 62.6 Å². The van der Waals surface area contributed by atoms with E-state index >= 15 is 0 Å². The van der Waals surface area contributed by atoms with Crippen LogP contribution in [0, 0.1) is 0 Å². The normalized spacial score (nSPS) is 18.8. The summed E-state index contributed by atoms with van der Waals surface area (Å²) in [6, 6.07) is 13.4. The summed E-state index contributed by atoms with van der Waals surface area (Å²) in [5.74, 6) is 0.678. The molecule has 1 fully saturated rings. The molecular formula is C20H17ClN4O4. The van der Waals surface area contributed by atoms with Gasteiger partial charge in [-0.3, -0.25) is 9.69 Å². The SMILES string of the molecule is COc1ccc(-c2nnc(CN3C(=O)N[C@@](C)(c4ccccc4Cl)C3=O)o2)cc1. The summed E-state index contributed by atoms with van der Waals surface area (Å²) in [4.78, 5) is 26.5. The molecule has 1 saturated heterocycles. The number of amides is 3. The van der Waals surface area contributed by atoms with Crippen molar-refractivity contribution in [2.24, 2.45) is 0 Å². The highest BCUT2D eigenvalue weighted by Crippen LogP contribution is 2.34. The van der Waals surface area contributed by atoms with E-state index in [9.17, 15) is 9.59 Å². The van der Waals surface area contributed by atoms with E-state index in [1.165, 1.54) is 0 Å². The fraction of sp³-hybridized carbons (Fsp3) is 0.200. The van der Waals surface area contributed by atoms with Gasteiger partial charge in [-0.2, -0.15) is 0 Å². The minimum absolute atomic E-state index is 0.141. The van der Waals surface area contributed by atoms with Crippen LogP contribution in [0.2, 0.25) is 5.02 Å². The summed E-state index contributed by atoms with van der Waals surface area (Å²) >= 11 is 6.24. The molecule has 9 heteroatoms. The molecular weight excluding hydrogens is 396 g/mol. The number of halogens is 1. The first-order chi connectivity index (χ1) is 13.9. The molecule has 3 aromatic rings. The Morgan fingerprint density at radius 3 is 2.55 bits per heavy atom. The van der Waals surface area contributed by atoms with Crippen LogP contribution < -0.4 is 10.1 Å². The number of benzene rings is 2. The van der Waals surface area contributed by atoms with Crippen LogP contribution in [-0.2, 0) is 16.9 Å². The Morgan fingerprint density at radius 2 is 1.86 bits per heavy atom. The van der Waals surface area contributed by atoms with E-state index in [2.05, 4.69) is 15.5 Å². The van der Waals surface area contributed by atoms with Crippen LogP contribution in [0.1, 0.15) is 18.4 Å². The molecule has 29 heavy (non-hydrogen) atoms. The van der Waals surface area contributed by atoms with Gasteiger partial charge in [0, 0.05) is 16.1 Å². The second-order valence-electron chi connectivity index (χ2n) is 6.66. The minimum atomic E-state index is -1.27. The van der Waals surface area contributed by atoms with Gasteiger partial charge in [0.05, 0.1) is 7.11 Å². The summed E-state index contributed by atoms with van der Waals surface area (Å²) < 4.78 is 10.8. The Balaban J connectivity index is 1.56. The Labute approximate surface area is 171 Å². The van der Waals surface area contributed by atoms with Crippen molar-refractivity contribution in [3.8, 4) is 17.2 Å². The number of methoxy groups -OCH3 is 1. The lowest BCUT2D eigenvalue weighted by Crippen LogP contribution is -2.41. The molecule has 2 heterocycles. The van der Waals surface area contributed by atoms with Crippen LogP contribution >= 0.6 is 11.6 Å². The number of ether oxygens (including phenoxy) is 1. The van der Waals surface area contributed by atoms with E-state index in [4.69, 9.17) is 20.8 Å². The third-order valence-corrected chi connectivity index (χ3v) is 5.11. The standard InChI is InChI=1S/C20H17ClN4O4/c1-20(14-5-3-4-6-15(14)21)18(26)25(19(27)22-20)11-16-23-24-17(29-16)12-7-9-13(28-2)10-8-12/h3-10H,11H2,1-2H3,(H,22,27)/t20-/m0/s1. The van der Waals surface area contributed by atoms with Crippen LogP contribution in [-0.4, -0.2) is 34.1 Å². The summed E-state index contributed by atoms with van der Waals surface area (Å²) in [6.45, 7) is 1.47. The Bertz CT molecular complexity index is 1080. The molecule has 1 aliphatic heterocycles. The Kier molecular flexibility index (Phi) is 4.71. The van der Waals surface area contributed by atoms with Crippen molar-refractivity contribution in [3.63, 3.8) is 0 Å². The molecule has 0 saturated carbocycles. The van der Waals surface area contributed by atoms with Crippen molar-refractivity contribution in [2.75, 3.05) is 7.11 Å². The first kappa shape index (κ1) is 18.9. The number of carbonyl (C=O) groups is 2. The third-order valence-electron chi connectivity index (χ3n) is 4.78. The fourth-order valence-electron chi connectivity index (χ4n) is 3.19. The number of hydrogen-bond acceptors (Lipinski definition) is 6. The average molecular weight is 413 g/mol. The smallest absolute Gasteiger partial charge is 0.325 e. The number of imide groups is 1. The van der Waals surface area contributed by atoms with Crippen LogP contribution in [0.3, 0.4) is 0 Å². The summed E-state index contributed by atoms with van der Waals surface area (Å²) in [5, 5.41) is 11.1.